The molecule has 0 amide bonds. The number of aromatic nitrogens is 2. The number of nitrogens with one attached hydrogen (secondary N) is 1. The topological polar surface area (TPSA) is 39.1 Å². The first kappa shape index (κ1) is 11.5. The first-order chi connectivity index (χ1) is 8.81. The maximum atomic E-state index is 5.39. The third-order valence-corrected chi connectivity index (χ3v) is 3.83. The van der Waals surface area contributed by atoms with Gasteiger partial charge >= 0.3 is 0 Å². The van der Waals surface area contributed by atoms with E-state index in [0.717, 1.165) is 29.9 Å². The van der Waals surface area contributed by atoms with Crippen LogP contribution in [0.15, 0.2) is 18.2 Å². The van der Waals surface area contributed by atoms with E-state index in [0.29, 0.717) is 5.92 Å². The third kappa shape index (κ3) is 1.77. The molecule has 0 aliphatic carbocycles. The van der Waals surface area contributed by atoms with Crippen LogP contribution < -0.4 is 10.1 Å². The highest BCUT2D eigenvalue weighted by atomic mass is 16.5. The van der Waals surface area contributed by atoms with E-state index >= 15 is 0 Å². The zero-order valence-electron chi connectivity index (χ0n) is 10.9. The van der Waals surface area contributed by atoms with Crippen LogP contribution in [0.25, 0.3) is 11.0 Å². The van der Waals surface area contributed by atoms with Gasteiger partial charge in [-0.25, -0.2) is 4.98 Å². The van der Waals surface area contributed by atoms with Gasteiger partial charge in [0.2, 0.25) is 0 Å². The Hall–Kier alpha value is -1.55. The molecule has 1 fully saturated rings. The van der Waals surface area contributed by atoms with Crippen LogP contribution in [0, 0.1) is 0 Å². The average Bonchev–Trinajstić information content (AvgIpc) is 2.77. The van der Waals surface area contributed by atoms with Crippen molar-refractivity contribution >= 4 is 11.0 Å². The number of imidazole rings is 1. The zero-order valence-corrected chi connectivity index (χ0v) is 10.9. The summed E-state index contributed by atoms with van der Waals surface area (Å²) in [5.41, 5.74) is 2.14. The van der Waals surface area contributed by atoms with Crippen molar-refractivity contribution in [3.63, 3.8) is 0 Å². The lowest BCUT2D eigenvalue weighted by molar-refractivity contribution is 0.418. The van der Waals surface area contributed by atoms with Crippen LogP contribution in [0.1, 0.15) is 24.6 Å². The molecule has 1 aliphatic heterocycles. The van der Waals surface area contributed by atoms with E-state index in [4.69, 9.17) is 9.72 Å². The fraction of sp³-hybridized carbons (Fsp3) is 0.500. The number of hydrogen-bond acceptors (Lipinski definition) is 3. The fourth-order valence-electron chi connectivity index (χ4n) is 2.82. The number of rotatable bonds is 2. The summed E-state index contributed by atoms with van der Waals surface area (Å²) in [7, 11) is 3.81. The number of methoxy groups -OCH3 is 1. The molecule has 1 N–H and O–H groups in total. The minimum Gasteiger partial charge on any atom is -0.494 e. The van der Waals surface area contributed by atoms with Crippen molar-refractivity contribution in [1.29, 1.82) is 0 Å². The summed E-state index contributed by atoms with van der Waals surface area (Å²) < 4.78 is 7.61. The maximum Gasteiger partial charge on any atom is 0.146 e. The highest BCUT2D eigenvalue weighted by Crippen LogP contribution is 2.31. The molecular weight excluding hydrogens is 226 g/mol. The Balaban J connectivity index is 2.09. The van der Waals surface area contributed by atoms with Gasteiger partial charge in [-0.15, -0.1) is 0 Å². The smallest absolute Gasteiger partial charge is 0.146 e. The molecule has 0 radical (unpaired) electrons. The monoisotopic (exact) mass is 245 g/mol. The van der Waals surface area contributed by atoms with Crippen molar-refractivity contribution in [3.8, 4) is 5.75 Å². The highest BCUT2D eigenvalue weighted by Gasteiger charge is 2.21. The van der Waals surface area contributed by atoms with Crippen molar-refractivity contribution in [2.24, 2.45) is 7.05 Å². The number of fused-ring (bicyclic) bond motifs is 1. The molecule has 0 spiro atoms. The number of benzene rings is 1. The molecule has 4 heteroatoms. The van der Waals surface area contributed by atoms with Crippen molar-refractivity contribution in [2.75, 3.05) is 20.2 Å². The molecule has 2 heterocycles. The van der Waals surface area contributed by atoms with Gasteiger partial charge in [-0.05, 0) is 38.1 Å². The molecule has 18 heavy (non-hydrogen) atoms. The SMILES string of the molecule is COc1cccc2c1nc(C1CCNCC1)n2C. The predicted octanol–water partition coefficient (Wildman–Crippen LogP) is 2.05. The summed E-state index contributed by atoms with van der Waals surface area (Å²) in [6.45, 7) is 2.18. The second-order valence-corrected chi connectivity index (χ2v) is 4.88. The molecule has 1 aliphatic rings. The van der Waals surface area contributed by atoms with Crippen LogP contribution in [0.5, 0.6) is 5.75 Å². The van der Waals surface area contributed by atoms with Crippen LogP contribution in [0.2, 0.25) is 0 Å². The van der Waals surface area contributed by atoms with Gasteiger partial charge in [0.15, 0.2) is 0 Å². The molecule has 3 rings (SSSR count). The lowest BCUT2D eigenvalue weighted by Crippen LogP contribution is -2.27. The minimum absolute atomic E-state index is 0.563. The Morgan fingerprint density at radius 1 is 1.33 bits per heavy atom. The van der Waals surface area contributed by atoms with E-state index < -0.39 is 0 Å². The van der Waals surface area contributed by atoms with E-state index in [9.17, 15) is 0 Å². The second-order valence-electron chi connectivity index (χ2n) is 4.88. The Kier molecular flexibility index (Phi) is 2.96. The second kappa shape index (κ2) is 4.61. The van der Waals surface area contributed by atoms with Gasteiger partial charge in [-0.2, -0.15) is 0 Å². The lowest BCUT2D eigenvalue weighted by Gasteiger charge is -2.22. The largest absolute Gasteiger partial charge is 0.494 e. The normalized spacial score (nSPS) is 17.2. The van der Waals surface area contributed by atoms with E-state index in [1.54, 1.807) is 7.11 Å². The molecule has 0 bridgehead atoms. The Morgan fingerprint density at radius 2 is 2.11 bits per heavy atom. The summed E-state index contributed by atoms with van der Waals surface area (Å²) in [6, 6.07) is 6.10. The molecule has 0 atom stereocenters. The van der Waals surface area contributed by atoms with Crippen LogP contribution in [-0.2, 0) is 7.05 Å². The van der Waals surface area contributed by atoms with Crippen LogP contribution in [0.3, 0.4) is 0 Å². The molecule has 2 aromatic rings. The minimum atomic E-state index is 0.563. The molecular formula is C14H19N3O. The Morgan fingerprint density at radius 3 is 2.83 bits per heavy atom. The van der Waals surface area contributed by atoms with Crippen molar-refractivity contribution in [1.82, 2.24) is 14.9 Å². The van der Waals surface area contributed by atoms with Crippen molar-refractivity contribution in [3.05, 3.63) is 24.0 Å². The van der Waals surface area contributed by atoms with Gasteiger partial charge < -0.3 is 14.6 Å². The molecule has 0 unspecified atom stereocenters. The zero-order chi connectivity index (χ0) is 12.5. The summed E-state index contributed by atoms with van der Waals surface area (Å²) in [5, 5.41) is 3.40. The fourth-order valence-corrected chi connectivity index (χ4v) is 2.82. The quantitative estimate of drug-likeness (QED) is 0.880. The van der Waals surface area contributed by atoms with Crippen LogP contribution >= 0.6 is 0 Å². The van der Waals surface area contributed by atoms with E-state index in [-0.39, 0.29) is 0 Å². The van der Waals surface area contributed by atoms with Crippen LogP contribution in [-0.4, -0.2) is 29.8 Å². The van der Waals surface area contributed by atoms with E-state index in [1.165, 1.54) is 18.7 Å². The van der Waals surface area contributed by atoms with Crippen molar-refractivity contribution < 1.29 is 4.74 Å². The standard InChI is InChI=1S/C14H19N3O/c1-17-11-4-3-5-12(18-2)13(11)16-14(17)10-6-8-15-9-7-10/h3-5,10,15H,6-9H2,1-2H3. The van der Waals surface area contributed by atoms with Gasteiger partial charge in [0.25, 0.3) is 0 Å². The first-order valence-corrected chi connectivity index (χ1v) is 6.51. The highest BCUT2D eigenvalue weighted by molar-refractivity contribution is 5.82. The Bertz CT molecular complexity index is 555. The van der Waals surface area contributed by atoms with Gasteiger partial charge in [-0.3, -0.25) is 0 Å². The molecule has 1 saturated heterocycles. The molecule has 0 saturated carbocycles. The third-order valence-electron chi connectivity index (χ3n) is 3.83. The van der Waals surface area contributed by atoms with Gasteiger partial charge in [-0.1, -0.05) is 6.07 Å². The average molecular weight is 245 g/mol. The Labute approximate surface area is 107 Å². The summed E-state index contributed by atoms with van der Waals surface area (Å²) in [4.78, 5) is 4.82. The molecule has 1 aromatic carbocycles. The summed E-state index contributed by atoms with van der Waals surface area (Å²) in [5.74, 6) is 2.62. The van der Waals surface area contributed by atoms with Crippen molar-refractivity contribution in [2.45, 2.75) is 18.8 Å². The van der Waals surface area contributed by atoms with E-state index in [2.05, 4.69) is 23.0 Å². The molecule has 1 aromatic heterocycles. The number of hydrogen-bond donors (Lipinski definition) is 1. The van der Waals surface area contributed by atoms with Gasteiger partial charge in [0.1, 0.15) is 17.1 Å². The van der Waals surface area contributed by atoms with E-state index in [1.807, 2.05) is 12.1 Å². The lowest BCUT2D eigenvalue weighted by atomic mass is 9.97. The summed E-state index contributed by atoms with van der Waals surface area (Å²) >= 11 is 0. The van der Waals surface area contributed by atoms with Crippen LogP contribution in [0.4, 0.5) is 0 Å². The predicted molar refractivity (Wildman–Crippen MR) is 72.1 cm³/mol. The number of para-hydroxylation sites is 1. The maximum absolute atomic E-state index is 5.39. The van der Waals surface area contributed by atoms with Gasteiger partial charge in [0.05, 0.1) is 12.6 Å². The molecule has 4 nitrogen and oxygen atoms in total. The number of aryl methyl sites for hydroxylation is 1. The summed E-state index contributed by atoms with van der Waals surface area (Å²) in [6.07, 6.45) is 2.33. The number of ether oxygens (including phenoxy) is 1. The van der Waals surface area contributed by atoms with Gasteiger partial charge in [0, 0.05) is 13.0 Å². The number of nitrogens with zero attached hydrogens (tertiary/aromatic N) is 2. The molecule has 96 valence electrons. The first-order valence-electron chi connectivity index (χ1n) is 6.51. The number of piperidine rings is 1.